The number of fused-ring (bicyclic) bond motifs is 1. The molecule has 2 amide bonds. The van der Waals surface area contributed by atoms with Crippen LogP contribution in [0.15, 0.2) is 65.9 Å². The number of hydrogen-bond acceptors (Lipinski definition) is 6. The van der Waals surface area contributed by atoms with E-state index in [-0.39, 0.29) is 18.6 Å². The fourth-order valence-corrected chi connectivity index (χ4v) is 4.72. The molecule has 5 rings (SSSR count). The molecular weight excluding hydrogens is 518 g/mol. The van der Waals surface area contributed by atoms with Gasteiger partial charge in [-0.05, 0) is 68.0 Å². The van der Waals surface area contributed by atoms with Crippen molar-refractivity contribution in [1.82, 2.24) is 25.6 Å². The van der Waals surface area contributed by atoms with E-state index in [0.717, 1.165) is 11.1 Å². The zero-order valence-corrected chi connectivity index (χ0v) is 21.9. The van der Waals surface area contributed by atoms with E-state index >= 15 is 0 Å². The monoisotopic (exact) mass is 546 g/mol. The normalized spacial score (nSPS) is 19.4. The van der Waals surface area contributed by atoms with Crippen molar-refractivity contribution in [3.8, 4) is 6.07 Å². The number of nitriles is 1. The molecule has 11 heteroatoms. The number of nitrogens with zero attached hydrogens (tertiary/aromatic N) is 4. The highest BCUT2D eigenvalue weighted by molar-refractivity contribution is 6.00. The van der Waals surface area contributed by atoms with Crippen molar-refractivity contribution in [2.24, 2.45) is 0 Å². The fraction of sp³-hybridized carbons (Fsp3) is 0.345. The molecule has 2 aliphatic carbocycles. The summed E-state index contributed by atoms with van der Waals surface area (Å²) in [6.45, 7) is 5.71. The van der Waals surface area contributed by atoms with Gasteiger partial charge in [-0.1, -0.05) is 24.8 Å². The molecular formula is C29H28F2N6O3. The summed E-state index contributed by atoms with van der Waals surface area (Å²) in [5.41, 5.74) is 0.328. The Labute approximate surface area is 229 Å². The number of carbonyl (C=O) groups excluding carboxylic acids is 2. The third-order valence-electron chi connectivity index (χ3n) is 7.50. The van der Waals surface area contributed by atoms with Crippen LogP contribution in [0.2, 0.25) is 0 Å². The Hall–Kier alpha value is -4.59. The van der Waals surface area contributed by atoms with Gasteiger partial charge in [0.15, 0.2) is 5.76 Å². The molecule has 0 unspecified atom stereocenters. The minimum atomic E-state index is -2.92. The Morgan fingerprint density at radius 3 is 2.40 bits per heavy atom. The molecule has 0 radical (unpaired) electrons. The van der Waals surface area contributed by atoms with Crippen LogP contribution in [0, 0.1) is 11.3 Å². The van der Waals surface area contributed by atoms with Gasteiger partial charge in [0.05, 0.1) is 24.2 Å². The molecule has 40 heavy (non-hydrogen) atoms. The third-order valence-corrected chi connectivity index (χ3v) is 7.50. The lowest BCUT2D eigenvalue weighted by Gasteiger charge is -2.39. The summed E-state index contributed by atoms with van der Waals surface area (Å²) in [6.07, 6.45) is 7.86. The minimum absolute atomic E-state index is 0.0432. The second kappa shape index (κ2) is 10.2. The average Bonchev–Trinajstić information content (AvgIpc) is 3.30. The van der Waals surface area contributed by atoms with Crippen LogP contribution < -0.4 is 10.6 Å². The molecule has 2 fully saturated rings. The molecule has 0 spiro atoms. The molecule has 2 saturated carbocycles. The van der Waals surface area contributed by atoms with E-state index in [1.54, 1.807) is 30.6 Å². The van der Waals surface area contributed by atoms with Crippen LogP contribution in [0.3, 0.4) is 0 Å². The Bertz CT molecular complexity index is 1560. The highest BCUT2D eigenvalue weighted by Gasteiger charge is 2.53. The summed E-state index contributed by atoms with van der Waals surface area (Å²) >= 11 is 0. The molecule has 2 heterocycles. The average molecular weight is 547 g/mol. The number of furan rings is 1. The van der Waals surface area contributed by atoms with E-state index in [0.29, 0.717) is 29.5 Å². The largest absolute Gasteiger partial charge is 0.451 e. The number of halogens is 2. The molecule has 2 aromatic heterocycles. The Morgan fingerprint density at radius 2 is 1.77 bits per heavy atom. The maximum Gasteiger partial charge on any atom is 0.287 e. The van der Waals surface area contributed by atoms with Crippen molar-refractivity contribution in [2.75, 3.05) is 0 Å². The Balaban J connectivity index is 1.37. The molecule has 0 aliphatic heterocycles. The van der Waals surface area contributed by atoms with Crippen molar-refractivity contribution in [3.05, 3.63) is 72.8 Å². The highest BCUT2D eigenvalue weighted by atomic mass is 19.3. The first-order chi connectivity index (χ1) is 19.1. The maximum absolute atomic E-state index is 14.0. The summed E-state index contributed by atoms with van der Waals surface area (Å²) in [6, 6.07) is 9.10. The molecule has 206 valence electrons. The summed E-state index contributed by atoms with van der Waals surface area (Å²) < 4.78 is 33.8. The molecule has 1 aromatic carbocycles. The van der Waals surface area contributed by atoms with Crippen molar-refractivity contribution < 1.29 is 22.8 Å². The van der Waals surface area contributed by atoms with Gasteiger partial charge < -0.3 is 15.1 Å². The quantitative estimate of drug-likeness (QED) is 0.383. The van der Waals surface area contributed by atoms with E-state index in [1.165, 1.54) is 4.80 Å². The molecule has 3 aromatic rings. The number of aromatic nitrogens is 3. The second-order valence-corrected chi connectivity index (χ2v) is 10.4. The van der Waals surface area contributed by atoms with Crippen LogP contribution in [-0.4, -0.2) is 43.8 Å². The van der Waals surface area contributed by atoms with Crippen LogP contribution in [-0.2, 0) is 4.79 Å². The third kappa shape index (κ3) is 5.43. The smallest absolute Gasteiger partial charge is 0.287 e. The highest BCUT2D eigenvalue weighted by Crippen LogP contribution is 2.41. The second-order valence-electron chi connectivity index (χ2n) is 10.4. The SMILES string of the molecule is C=C/C(=C\C=C(/C)c1ccc2cc(C(=O)NC3(C(=O)NC4(C#N)CC4)CCC(F)(F)CC3)oc2c1)n1nccn1. The van der Waals surface area contributed by atoms with Gasteiger partial charge in [0, 0.05) is 18.2 Å². The first-order valence-electron chi connectivity index (χ1n) is 12.9. The molecule has 2 aliphatic rings. The first kappa shape index (κ1) is 27.0. The van der Waals surface area contributed by atoms with Crippen molar-refractivity contribution >= 4 is 34.1 Å². The number of amides is 2. The molecule has 0 bridgehead atoms. The Morgan fingerprint density at radius 1 is 1.07 bits per heavy atom. The van der Waals surface area contributed by atoms with Gasteiger partial charge in [0.25, 0.3) is 5.91 Å². The fourth-order valence-electron chi connectivity index (χ4n) is 4.72. The summed E-state index contributed by atoms with van der Waals surface area (Å²) in [5, 5.41) is 23.6. The van der Waals surface area contributed by atoms with Crippen LogP contribution >= 0.6 is 0 Å². The number of carbonyl (C=O) groups is 2. The number of nitrogens with one attached hydrogen (secondary N) is 2. The lowest BCUT2D eigenvalue weighted by Crippen LogP contribution is -2.62. The van der Waals surface area contributed by atoms with Gasteiger partial charge in [-0.3, -0.25) is 9.59 Å². The summed E-state index contributed by atoms with van der Waals surface area (Å²) in [4.78, 5) is 27.9. The molecule has 2 N–H and O–H groups in total. The zero-order chi connectivity index (χ0) is 28.5. The maximum atomic E-state index is 14.0. The molecule has 0 atom stereocenters. The first-order valence-corrected chi connectivity index (χ1v) is 12.9. The van der Waals surface area contributed by atoms with Crippen molar-refractivity contribution in [1.29, 1.82) is 5.26 Å². The number of allylic oxidation sites excluding steroid dienone is 5. The zero-order valence-electron chi connectivity index (χ0n) is 21.9. The van der Waals surface area contributed by atoms with Gasteiger partial charge in [-0.15, -0.1) is 0 Å². The van der Waals surface area contributed by atoms with E-state index in [2.05, 4.69) is 33.5 Å². The molecule has 0 saturated heterocycles. The van der Waals surface area contributed by atoms with E-state index in [9.17, 15) is 23.6 Å². The number of benzene rings is 1. The van der Waals surface area contributed by atoms with E-state index in [1.807, 2.05) is 31.2 Å². The predicted octanol–water partition coefficient (Wildman–Crippen LogP) is 5.00. The van der Waals surface area contributed by atoms with Gasteiger partial charge in [0.1, 0.15) is 16.7 Å². The summed E-state index contributed by atoms with van der Waals surface area (Å²) in [7, 11) is 0. The van der Waals surface area contributed by atoms with Crippen molar-refractivity contribution in [3.63, 3.8) is 0 Å². The van der Waals surface area contributed by atoms with Gasteiger partial charge >= 0.3 is 0 Å². The van der Waals surface area contributed by atoms with E-state index < -0.39 is 41.7 Å². The van der Waals surface area contributed by atoms with Crippen molar-refractivity contribution in [2.45, 2.75) is 62.4 Å². The van der Waals surface area contributed by atoms with Gasteiger partial charge in [0.2, 0.25) is 11.8 Å². The van der Waals surface area contributed by atoms with Crippen LogP contribution in [0.4, 0.5) is 8.78 Å². The Kier molecular flexibility index (Phi) is 6.87. The van der Waals surface area contributed by atoms with Crippen LogP contribution in [0.1, 0.15) is 61.6 Å². The topological polar surface area (TPSA) is 126 Å². The molecule has 9 nitrogen and oxygen atoms in total. The minimum Gasteiger partial charge on any atom is -0.451 e. The number of hydrogen-bond donors (Lipinski definition) is 2. The summed E-state index contributed by atoms with van der Waals surface area (Å²) in [5.74, 6) is -4.26. The van der Waals surface area contributed by atoms with Crippen LogP contribution in [0.5, 0.6) is 0 Å². The van der Waals surface area contributed by atoms with E-state index in [4.69, 9.17) is 4.42 Å². The number of alkyl halides is 2. The standard InChI is InChI=1S/C29H28F2N6O3/c1-3-22(37-33-14-15-34-37)7-4-19(2)20-5-6-21-17-24(40-23(21)16-20)25(38)35-28(10-12-29(30,31)13-11-28)26(39)36-27(18-32)8-9-27/h3-7,14-17H,1,8-13H2,2H3,(H,35,38)(H,36,39)/b19-4+,22-7+. The lowest BCUT2D eigenvalue weighted by atomic mass is 9.78. The van der Waals surface area contributed by atoms with Gasteiger partial charge in [-0.2, -0.15) is 20.3 Å². The predicted molar refractivity (Wildman–Crippen MR) is 144 cm³/mol. The lowest BCUT2D eigenvalue weighted by molar-refractivity contribution is -0.133. The number of rotatable bonds is 8. The van der Waals surface area contributed by atoms with Crippen LogP contribution in [0.25, 0.3) is 22.2 Å². The van der Waals surface area contributed by atoms with Gasteiger partial charge in [-0.25, -0.2) is 8.78 Å².